The topological polar surface area (TPSA) is 90.5 Å². The van der Waals surface area contributed by atoms with Crippen molar-refractivity contribution in [3.05, 3.63) is 0 Å². The Labute approximate surface area is 133 Å². The molecular weight excluding hydrogens is 284 g/mol. The van der Waals surface area contributed by atoms with E-state index in [1.807, 2.05) is 34.6 Å². The Balaban J connectivity index is 4.34. The second kappa shape index (κ2) is 10.2. The zero-order chi connectivity index (χ0) is 17.2. The summed E-state index contributed by atoms with van der Waals surface area (Å²) in [5, 5.41) is 7.71. The molecular formula is C15H30N4O3. The van der Waals surface area contributed by atoms with Gasteiger partial charge in [-0.3, -0.25) is 19.8 Å². The number of imide groups is 1. The number of hydrogen-bond acceptors (Lipinski definition) is 4. The van der Waals surface area contributed by atoms with Gasteiger partial charge in [-0.05, 0) is 40.2 Å². The molecule has 3 N–H and O–H groups in total. The number of rotatable bonds is 8. The number of nitrogens with one attached hydrogen (secondary N) is 3. The molecule has 0 spiro atoms. The van der Waals surface area contributed by atoms with Gasteiger partial charge in [-0.2, -0.15) is 0 Å². The van der Waals surface area contributed by atoms with Gasteiger partial charge in [0, 0.05) is 12.1 Å². The summed E-state index contributed by atoms with van der Waals surface area (Å²) in [6.07, 6.45) is 1.69. The van der Waals surface area contributed by atoms with Crippen LogP contribution in [0.5, 0.6) is 0 Å². The lowest BCUT2D eigenvalue weighted by atomic mass is 10.1. The Bertz CT molecular complexity index is 377. The average Bonchev–Trinajstić information content (AvgIpc) is 2.33. The summed E-state index contributed by atoms with van der Waals surface area (Å²) >= 11 is 0. The molecule has 0 aliphatic carbocycles. The Hall–Kier alpha value is -1.63. The van der Waals surface area contributed by atoms with E-state index >= 15 is 0 Å². The maximum absolute atomic E-state index is 11.9. The minimum Gasteiger partial charge on any atom is -0.355 e. The first-order chi connectivity index (χ1) is 10.2. The van der Waals surface area contributed by atoms with Crippen LogP contribution in [0, 0.1) is 0 Å². The monoisotopic (exact) mass is 314 g/mol. The molecule has 0 aromatic rings. The second-order valence-electron chi connectivity index (χ2n) is 6.31. The largest absolute Gasteiger partial charge is 0.355 e. The van der Waals surface area contributed by atoms with Crippen LogP contribution in [0.4, 0.5) is 4.79 Å². The molecule has 0 unspecified atom stereocenters. The maximum Gasteiger partial charge on any atom is 0.321 e. The van der Waals surface area contributed by atoms with Gasteiger partial charge in [0.25, 0.3) is 0 Å². The van der Waals surface area contributed by atoms with Crippen LogP contribution < -0.4 is 16.0 Å². The van der Waals surface area contributed by atoms with Crippen LogP contribution >= 0.6 is 0 Å². The van der Waals surface area contributed by atoms with Gasteiger partial charge in [-0.1, -0.05) is 13.8 Å². The maximum atomic E-state index is 11.9. The van der Waals surface area contributed by atoms with E-state index in [0.717, 1.165) is 12.8 Å². The van der Waals surface area contributed by atoms with Crippen LogP contribution in [0.15, 0.2) is 0 Å². The minimum absolute atomic E-state index is 0.0188. The summed E-state index contributed by atoms with van der Waals surface area (Å²) in [4.78, 5) is 36.9. The first-order valence-electron chi connectivity index (χ1n) is 7.79. The molecule has 0 aliphatic heterocycles. The van der Waals surface area contributed by atoms with Crippen molar-refractivity contribution in [3.63, 3.8) is 0 Å². The fourth-order valence-corrected chi connectivity index (χ4v) is 1.79. The Morgan fingerprint density at radius 2 is 1.55 bits per heavy atom. The van der Waals surface area contributed by atoms with Crippen molar-refractivity contribution in [1.29, 1.82) is 0 Å². The van der Waals surface area contributed by atoms with E-state index in [2.05, 4.69) is 16.0 Å². The molecule has 0 rings (SSSR count). The molecule has 0 aliphatic rings. The normalized spacial score (nSPS) is 11.2. The third-order valence-corrected chi connectivity index (χ3v) is 2.59. The van der Waals surface area contributed by atoms with E-state index in [0.29, 0.717) is 13.1 Å². The summed E-state index contributed by atoms with van der Waals surface area (Å²) in [7, 11) is 0. The van der Waals surface area contributed by atoms with Gasteiger partial charge < -0.3 is 10.6 Å². The van der Waals surface area contributed by atoms with Gasteiger partial charge in [0.1, 0.15) is 0 Å². The summed E-state index contributed by atoms with van der Waals surface area (Å²) in [5.74, 6) is -0.527. The Kier molecular flexibility index (Phi) is 9.40. The molecule has 0 atom stereocenters. The highest BCUT2D eigenvalue weighted by Gasteiger charge is 2.18. The van der Waals surface area contributed by atoms with E-state index in [9.17, 15) is 14.4 Å². The van der Waals surface area contributed by atoms with Gasteiger partial charge in [0.05, 0.1) is 13.1 Å². The quantitative estimate of drug-likeness (QED) is 0.619. The lowest BCUT2D eigenvalue weighted by Gasteiger charge is -2.22. The molecule has 0 aromatic carbocycles. The van der Waals surface area contributed by atoms with Gasteiger partial charge in [-0.25, -0.2) is 4.79 Å². The number of amides is 4. The standard InChI is InChI=1S/C15H30N4O3/c1-6-8-16-12(20)10-19(9-7-2)11-13(21)17-14(22)18-15(3,4)5/h6-11H2,1-5H3,(H,16,20)(H2,17,18,21,22). The molecule has 0 fully saturated rings. The average molecular weight is 314 g/mol. The van der Waals surface area contributed by atoms with Crippen LogP contribution in [0.1, 0.15) is 47.5 Å². The van der Waals surface area contributed by atoms with Gasteiger partial charge in [-0.15, -0.1) is 0 Å². The number of urea groups is 1. The fraction of sp³-hybridized carbons (Fsp3) is 0.800. The number of carbonyl (C=O) groups excluding carboxylic acids is 3. The summed E-state index contributed by atoms with van der Waals surface area (Å²) < 4.78 is 0. The molecule has 4 amide bonds. The molecule has 128 valence electrons. The number of carbonyl (C=O) groups is 3. The lowest BCUT2D eigenvalue weighted by molar-refractivity contribution is -0.124. The molecule has 0 radical (unpaired) electrons. The van der Waals surface area contributed by atoms with E-state index in [-0.39, 0.29) is 19.0 Å². The number of nitrogens with zero attached hydrogens (tertiary/aromatic N) is 1. The van der Waals surface area contributed by atoms with Crippen LogP contribution in [0.2, 0.25) is 0 Å². The number of hydrogen-bond donors (Lipinski definition) is 3. The van der Waals surface area contributed by atoms with Crippen molar-refractivity contribution in [2.75, 3.05) is 26.2 Å². The van der Waals surface area contributed by atoms with Crippen LogP contribution in [-0.2, 0) is 9.59 Å². The third-order valence-electron chi connectivity index (χ3n) is 2.59. The zero-order valence-electron chi connectivity index (χ0n) is 14.4. The fourth-order valence-electron chi connectivity index (χ4n) is 1.79. The highest BCUT2D eigenvalue weighted by molar-refractivity contribution is 5.95. The van der Waals surface area contributed by atoms with Crippen LogP contribution in [-0.4, -0.2) is 54.5 Å². The highest BCUT2D eigenvalue weighted by atomic mass is 16.2. The molecule has 0 aromatic heterocycles. The van der Waals surface area contributed by atoms with Gasteiger partial charge in [0.2, 0.25) is 11.8 Å². The van der Waals surface area contributed by atoms with E-state index in [1.54, 1.807) is 4.90 Å². The Morgan fingerprint density at radius 1 is 0.955 bits per heavy atom. The lowest BCUT2D eigenvalue weighted by Crippen LogP contribution is -2.51. The van der Waals surface area contributed by atoms with Crippen molar-refractivity contribution in [2.24, 2.45) is 0 Å². The first-order valence-corrected chi connectivity index (χ1v) is 7.79. The highest BCUT2D eigenvalue weighted by Crippen LogP contribution is 1.97. The molecule has 7 nitrogen and oxygen atoms in total. The van der Waals surface area contributed by atoms with Gasteiger partial charge >= 0.3 is 6.03 Å². The minimum atomic E-state index is -0.524. The van der Waals surface area contributed by atoms with E-state index < -0.39 is 17.5 Å². The van der Waals surface area contributed by atoms with Crippen molar-refractivity contribution in [1.82, 2.24) is 20.9 Å². The molecule has 0 saturated carbocycles. The van der Waals surface area contributed by atoms with E-state index in [1.165, 1.54) is 0 Å². The predicted molar refractivity (Wildman–Crippen MR) is 86.5 cm³/mol. The van der Waals surface area contributed by atoms with Gasteiger partial charge in [0.15, 0.2) is 0 Å². The van der Waals surface area contributed by atoms with Crippen molar-refractivity contribution >= 4 is 17.8 Å². The van der Waals surface area contributed by atoms with Crippen LogP contribution in [0.3, 0.4) is 0 Å². The van der Waals surface area contributed by atoms with Crippen LogP contribution in [0.25, 0.3) is 0 Å². The first kappa shape index (κ1) is 20.4. The summed E-state index contributed by atoms with van der Waals surface area (Å²) in [6.45, 7) is 10.9. The molecule has 7 heteroatoms. The second-order valence-corrected chi connectivity index (χ2v) is 6.31. The molecule has 0 heterocycles. The van der Waals surface area contributed by atoms with E-state index in [4.69, 9.17) is 0 Å². The Morgan fingerprint density at radius 3 is 2.05 bits per heavy atom. The summed E-state index contributed by atoms with van der Waals surface area (Å²) in [5.41, 5.74) is -0.409. The third kappa shape index (κ3) is 11.1. The van der Waals surface area contributed by atoms with Crippen molar-refractivity contribution < 1.29 is 14.4 Å². The molecule has 0 saturated heterocycles. The molecule has 0 bridgehead atoms. The zero-order valence-corrected chi connectivity index (χ0v) is 14.4. The predicted octanol–water partition coefficient (Wildman–Crippen LogP) is 0.849. The SMILES string of the molecule is CCCNC(=O)CN(CCC)CC(=O)NC(=O)NC(C)(C)C. The van der Waals surface area contributed by atoms with Crippen molar-refractivity contribution in [3.8, 4) is 0 Å². The summed E-state index contributed by atoms with van der Waals surface area (Å²) in [6, 6.07) is -0.524. The smallest absolute Gasteiger partial charge is 0.321 e. The van der Waals surface area contributed by atoms with Crippen molar-refractivity contribution in [2.45, 2.75) is 53.0 Å². The molecule has 22 heavy (non-hydrogen) atoms.